The molecule has 0 aliphatic heterocycles. The summed E-state index contributed by atoms with van der Waals surface area (Å²) in [7, 11) is 0. The molecule has 1 fully saturated rings. The van der Waals surface area contributed by atoms with Gasteiger partial charge in [0.1, 0.15) is 17.3 Å². The molecule has 0 aromatic rings. The van der Waals surface area contributed by atoms with Crippen LogP contribution in [0.5, 0.6) is 0 Å². The maximum Gasteiger partial charge on any atom is 0.141 e. The number of aliphatic hydroxyl groups is 1. The van der Waals surface area contributed by atoms with Crippen LogP contribution in [0.3, 0.4) is 0 Å². The van der Waals surface area contributed by atoms with E-state index in [4.69, 9.17) is 0 Å². The van der Waals surface area contributed by atoms with E-state index >= 15 is 0 Å². The number of hydrogen-bond acceptors (Lipinski definition) is 4. The van der Waals surface area contributed by atoms with Crippen LogP contribution in [-0.2, 0) is 14.4 Å². The van der Waals surface area contributed by atoms with Crippen LogP contribution in [0, 0.1) is 23.2 Å². The first-order valence-electron chi connectivity index (χ1n) is 8.22. The number of ketones is 3. The zero-order chi connectivity index (χ0) is 17.1. The van der Waals surface area contributed by atoms with Gasteiger partial charge in [0.05, 0.1) is 6.10 Å². The highest BCUT2D eigenvalue weighted by Crippen LogP contribution is 2.42. The minimum atomic E-state index is -0.766. The molecule has 2 unspecified atom stereocenters. The van der Waals surface area contributed by atoms with Crippen molar-refractivity contribution in [2.24, 2.45) is 23.2 Å². The minimum Gasteiger partial charge on any atom is -0.392 e. The van der Waals surface area contributed by atoms with Gasteiger partial charge in [-0.2, -0.15) is 0 Å². The maximum absolute atomic E-state index is 12.4. The van der Waals surface area contributed by atoms with Crippen molar-refractivity contribution >= 4 is 17.3 Å². The minimum absolute atomic E-state index is 0.0159. The van der Waals surface area contributed by atoms with Gasteiger partial charge in [-0.3, -0.25) is 4.79 Å². The van der Waals surface area contributed by atoms with Crippen molar-refractivity contribution in [1.82, 2.24) is 0 Å². The smallest absolute Gasteiger partial charge is 0.141 e. The van der Waals surface area contributed by atoms with Crippen molar-refractivity contribution in [3.05, 3.63) is 0 Å². The second-order valence-electron chi connectivity index (χ2n) is 7.96. The summed E-state index contributed by atoms with van der Waals surface area (Å²) >= 11 is 0. The normalized spacial score (nSPS) is 26.0. The van der Waals surface area contributed by atoms with E-state index in [0.717, 1.165) is 6.42 Å². The molecule has 3 atom stereocenters. The lowest BCUT2D eigenvalue weighted by Gasteiger charge is -2.40. The van der Waals surface area contributed by atoms with E-state index in [-0.39, 0.29) is 53.4 Å². The molecule has 1 N–H and O–H groups in total. The van der Waals surface area contributed by atoms with Crippen LogP contribution in [0.4, 0.5) is 0 Å². The van der Waals surface area contributed by atoms with Gasteiger partial charge in [-0.15, -0.1) is 0 Å². The van der Waals surface area contributed by atoms with Gasteiger partial charge in [-0.05, 0) is 44.4 Å². The molecule has 1 rings (SSSR count). The molecule has 0 bridgehead atoms. The average molecular weight is 310 g/mol. The van der Waals surface area contributed by atoms with Crippen molar-refractivity contribution in [3.8, 4) is 0 Å². The zero-order valence-corrected chi connectivity index (χ0v) is 14.5. The Morgan fingerprint density at radius 2 is 1.68 bits per heavy atom. The Labute approximate surface area is 133 Å². The summed E-state index contributed by atoms with van der Waals surface area (Å²) in [6.07, 6.45) is 1.67. The molecule has 0 amide bonds. The molecule has 4 nitrogen and oxygen atoms in total. The summed E-state index contributed by atoms with van der Waals surface area (Å²) in [4.78, 5) is 35.1. The summed E-state index contributed by atoms with van der Waals surface area (Å²) in [6, 6.07) is 0. The van der Waals surface area contributed by atoms with Crippen LogP contribution in [-0.4, -0.2) is 28.6 Å². The van der Waals surface area contributed by atoms with Gasteiger partial charge in [0, 0.05) is 24.7 Å². The molecule has 0 radical (unpaired) electrons. The molecule has 1 aliphatic rings. The van der Waals surface area contributed by atoms with E-state index in [9.17, 15) is 19.5 Å². The molecule has 1 saturated carbocycles. The van der Waals surface area contributed by atoms with Crippen LogP contribution in [0.1, 0.15) is 66.7 Å². The van der Waals surface area contributed by atoms with Crippen molar-refractivity contribution in [2.75, 3.05) is 0 Å². The maximum atomic E-state index is 12.4. The number of Topliss-reactive ketones (excluding diaryl/α,β-unsaturated/α-hetero) is 3. The average Bonchev–Trinajstić information content (AvgIpc) is 2.31. The quantitative estimate of drug-likeness (QED) is 0.784. The fourth-order valence-corrected chi connectivity index (χ4v) is 3.96. The Hall–Kier alpha value is -1.03. The van der Waals surface area contributed by atoms with Crippen LogP contribution in [0.25, 0.3) is 0 Å². The predicted octanol–water partition coefficient (Wildman–Crippen LogP) is 2.95. The van der Waals surface area contributed by atoms with E-state index in [1.807, 2.05) is 6.92 Å². The molecule has 0 aromatic heterocycles. The van der Waals surface area contributed by atoms with Crippen molar-refractivity contribution in [2.45, 2.75) is 72.8 Å². The summed E-state index contributed by atoms with van der Waals surface area (Å²) in [6.45, 7) is 9.16. The van der Waals surface area contributed by atoms with Crippen molar-refractivity contribution < 1.29 is 19.5 Å². The molecule has 0 aromatic carbocycles. The van der Waals surface area contributed by atoms with Gasteiger partial charge in [0.2, 0.25) is 0 Å². The standard InChI is InChI=1S/C18H30O4/c1-11-9-18(4,5)10-15(17(11)22)16(21)8-14(6-12(2)19)7-13(3)20/h11,14-16,21H,6-10H2,1-5H3/t11-,15?,16?/m0/s1. The fraction of sp³-hybridized carbons (Fsp3) is 0.833. The molecule has 126 valence electrons. The van der Waals surface area contributed by atoms with Crippen molar-refractivity contribution in [3.63, 3.8) is 0 Å². The number of carbonyl (C=O) groups excluding carboxylic acids is 3. The van der Waals surface area contributed by atoms with Gasteiger partial charge in [0.25, 0.3) is 0 Å². The van der Waals surface area contributed by atoms with E-state index in [1.54, 1.807) is 0 Å². The highest BCUT2D eigenvalue weighted by atomic mass is 16.3. The third-order valence-corrected chi connectivity index (χ3v) is 4.67. The number of carbonyl (C=O) groups is 3. The lowest BCUT2D eigenvalue weighted by Crippen LogP contribution is -2.42. The third-order valence-electron chi connectivity index (χ3n) is 4.67. The SMILES string of the molecule is CC(=O)CC(CC(C)=O)CC(O)C1CC(C)(C)C[C@H](C)C1=O. The van der Waals surface area contributed by atoms with E-state index in [2.05, 4.69) is 13.8 Å². The Kier molecular flexibility index (Phi) is 6.48. The lowest BCUT2D eigenvalue weighted by atomic mass is 9.65. The van der Waals surface area contributed by atoms with Crippen LogP contribution in [0.2, 0.25) is 0 Å². The molecule has 4 heteroatoms. The molecular formula is C18H30O4. The molecule has 0 heterocycles. The van der Waals surface area contributed by atoms with E-state index in [0.29, 0.717) is 12.8 Å². The Bertz CT molecular complexity index is 422. The first-order valence-corrected chi connectivity index (χ1v) is 8.22. The summed E-state index contributed by atoms with van der Waals surface area (Å²) < 4.78 is 0. The zero-order valence-electron chi connectivity index (χ0n) is 14.5. The molecule has 0 spiro atoms. The molecule has 0 saturated heterocycles. The first kappa shape index (κ1) is 19.0. The Morgan fingerprint density at radius 3 is 2.14 bits per heavy atom. The summed E-state index contributed by atoms with van der Waals surface area (Å²) in [5.41, 5.74) is 0.0373. The topological polar surface area (TPSA) is 71.4 Å². The molecular weight excluding hydrogens is 280 g/mol. The first-order chi connectivity index (χ1) is 10.0. The van der Waals surface area contributed by atoms with Gasteiger partial charge < -0.3 is 14.7 Å². The highest BCUT2D eigenvalue weighted by molar-refractivity contribution is 5.84. The molecule has 1 aliphatic carbocycles. The number of hydrogen-bond donors (Lipinski definition) is 1. The van der Waals surface area contributed by atoms with Gasteiger partial charge >= 0.3 is 0 Å². The third kappa shape index (κ3) is 5.64. The number of aliphatic hydroxyl groups excluding tert-OH is 1. The Morgan fingerprint density at radius 1 is 1.18 bits per heavy atom. The second-order valence-corrected chi connectivity index (χ2v) is 7.96. The lowest BCUT2D eigenvalue weighted by molar-refractivity contribution is -0.137. The molecule has 22 heavy (non-hydrogen) atoms. The van der Waals surface area contributed by atoms with Crippen molar-refractivity contribution in [1.29, 1.82) is 0 Å². The fourth-order valence-electron chi connectivity index (χ4n) is 3.96. The predicted molar refractivity (Wildman–Crippen MR) is 85.4 cm³/mol. The van der Waals surface area contributed by atoms with Crippen LogP contribution >= 0.6 is 0 Å². The summed E-state index contributed by atoms with van der Waals surface area (Å²) in [5.74, 6) is -0.429. The van der Waals surface area contributed by atoms with E-state index < -0.39 is 6.10 Å². The van der Waals surface area contributed by atoms with Gasteiger partial charge in [-0.25, -0.2) is 0 Å². The Balaban J connectivity index is 2.78. The highest BCUT2D eigenvalue weighted by Gasteiger charge is 2.41. The van der Waals surface area contributed by atoms with Crippen LogP contribution < -0.4 is 0 Å². The largest absolute Gasteiger partial charge is 0.392 e. The van der Waals surface area contributed by atoms with E-state index in [1.165, 1.54) is 13.8 Å². The number of rotatable bonds is 7. The van der Waals surface area contributed by atoms with Crippen LogP contribution in [0.15, 0.2) is 0 Å². The monoisotopic (exact) mass is 310 g/mol. The van der Waals surface area contributed by atoms with Gasteiger partial charge in [-0.1, -0.05) is 20.8 Å². The summed E-state index contributed by atoms with van der Waals surface area (Å²) in [5, 5.41) is 10.5. The second kappa shape index (κ2) is 7.49. The van der Waals surface area contributed by atoms with Gasteiger partial charge in [0.15, 0.2) is 0 Å².